The minimum absolute atomic E-state index is 0.206. The van der Waals surface area contributed by atoms with E-state index in [4.69, 9.17) is 40.3 Å². The molecule has 0 saturated carbocycles. The Morgan fingerprint density at radius 3 is 0.865 bits per heavy atom. The van der Waals surface area contributed by atoms with Crippen LogP contribution in [0.25, 0.3) is 140 Å². The molecule has 0 aliphatic rings. The lowest BCUT2D eigenvalue weighted by atomic mass is 10.1. The first-order valence-corrected chi connectivity index (χ1v) is 45.1. The van der Waals surface area contributed by atoms with Crippen LogP contribution in [-0.4, -0.2) is 129 Å². The van der Waals surface area contributed by atoms with E-state index in [1.54, 1.807) is 67.9 Å². The highest BCUT2D eigenvalue weighted by Crippen LogP contribution is 2.38. The number of hydrogen-bond donors (Lipinski definition) is 4. The van der Waals surface area contributed by atoms with Crippen molar-refractivity contribution in [1.82, 2.24) is 129 Å². The Hall–Kier alpha value is -16.1. The molecule has 21 rings (SSSR count). The summed E-state index contributed by atoms with van der Waals surface area (Å²) in [6, 6.07) is 66.3. The summed E-state index contributed by atoms with van der Waals surface area (Å²) in [7, 11) is 0. The molecule has 0 unspecified atom stereocenters. The summed E-state index contributed by atoms with van der Waals surface area (Å²) < 4.78 is 23.5. The van der Waals surface area contributed by atoms with Gasteiger partial charge in [0.15, 0.2) is 0 Å². The Balaban J connectivity index is 0.000000119. The first kappa shape index (κ1) is 87.6. The third-order valence-corrected chi connectivity index (χ3v) is 23.1. The number of fused-ring (bicyclic) bond motifs is 4. The quantitative estimate of drug-likeness (QED) is 0.0413. The normalized spacial score (nSPS) is 11.5. The summed E-state index contributed by atoms with van der Waals surface area (Å²) in [6.07, 6.45) is 31.9. The molecule has 13 heterocycles. The fraction of sp³-hybridized carbons (Fsp3) is 0.217. The molecule has 13 aromatic heterocycles. The fourth-order valence-electron chi connectivity index (χ4n) is 16.2. The maximum atomic E-state index is 13.8. The highest BCUT2D eigenvalue weighted by atomic mass is 19.1. The lowest BCUT2D eigenvalue weighted by molar-refractivity contribution is 0.534. The van der Waals surface area contributed by atoms with Crippen LogP contribution >= 0.6 is 0 Å². The Kier molecular flexibility index (Phi) is 26.0. The number of benzene rings is 8. The molecule has 0 fully saturated rings. The van der Waals surface area contributed by atoms with Crippen molar-refractivity contribution in [2.24, 2.45) is 0 Å². The van der Waals surface area contributed by atoms with Gasteiger partial charge >= 0.3 is 0 Å². The molecule has 0 atom stereocenters. The number of imidazole rings is 4. The van der Waals surface area contributed by atoms with Crippen LogP contribution in [0.1, 0.15) is 142 Å². The minimum Gasteiger partial charge on any atom is -0.340 e. The molecule has 27 heteroatoms. The smallest absolute Gasteiger partial charge is 0.123 e. The maximum Gasteiger partial charge on any atom is 0.123 e. The Morgan fingerprint density at radius 2 is 0.571 bits per heavy atom. The van der Waals surface area contributed by atoms with Gasteiger partial charge in [-0.05, 0) is 233 Å². The number of rotatable bonds is 25. The van der Waals surface area contributed by atoms with Crippen LogP contribution in [0.5, 0.6) is 0 Å². The van der Waals surface area contributed by atoms with Crippen molar-refractivity contribution in [3.8, 4) is 96.3 Å². The van der Waals surface area contributed by atoms with E-state index in [0.717, 1.165) is 213 Å². The topological polar surface area (TPSA) is 307 Å². The Morgan fingerprint density at radius 1 is 0.271 bits per heavy atom. The molecule has 133 heavy (non-hydrogen) atoms. The van der Waals surface area contributed by atoms with Crippen molar-refractivity contribution in [2.45, 2.75) is 152 Å². The van der Waals surface area contributed by atoms with Gasteiger partial charge in [0.2, 0.25) is 0 Å². The standard InChI is InChI=1S/C28H26N8.C26H25FN6.2C26H26N6/c1-19(2)35-16-11-24(34-35)28-27(21-8-9-23-25(18-21)30-14-13-29-23)32-26(33-28)10-7-20-5-3-6-22(17-20)36-15-4-12-31-36;1-16(2)33-11-8-22(32-33)26-25(19-5-6-21-23(15-19)29-10-9-28-21)30-24(31-26)7-4-18-12-17(3)13-20(27)14-18;2*1-17(2)32-14-11-22(31-32)26-25(20-8-9-21-23(16-20)28-13-12-27-21)29-24(30-26)10-7-19-6-4-5-18(3)15-19/h3-6,8-9,11-19H,7,10H2,1-2H3,(H,32,33);5-6,8-16H,4,7H2,1-3H3,(H,30,31);2*4-6,8-9,11-17H,7,10H2,1-3H3,(H,29,30). The second-order valence-corrected chi connectivity index (χ2v) is 34.5. The van der Waals surface area contributed by atoms with Gasteiger partial charge in [-0.2, -0.15) is 25.5 Å². The summed E-state index contributed by atoms with van der Waals surface area (Å²) in [4.78, 5) is 69.5. The first-order chi connectivity index (χ1) is 64.7. The van der Waals surface area contributed by atoms with Crippen LogP contribution in [-0.2, 0) is 51.4 Å². The van der Waals surface area contributed by atoms with Gasteiger partial charge in [0.05, 0.1) is 95.4 Å². The lowest BCUT2D eigenvalue weighted by Gasteiger charge is -2.05. The number of nitrogens with zero attached hydrogens (tertiary/aromatic N) is 22. The van der Waals surface area contributed by atoms with Crippen LogP contribution in [0.2, 0.25) is 0 Å². The van der Waals surface area contributed by atoms with Gasteiger partial charge in [-0.25, -0.2) is 29.0 Å². The number of aromatic amines is 4. The number of halogens is 1. The molecule has 0 bridgehead atoms. The second kappa shape index (κ2) is 39.5. The zero-order valence-electron chi connectivity index (χ0n) is 76.2. The van der Waals surface area contributed by atoms with Crippen LogP contribution < -0.4 is 0 Å². The molecule has 664 valence electrons. The van der Waals surface area contributed by atoms with E-state index in [1.807, 2.05) is 158 Å². The van der Waals surface area contributed by atoms with E-state index in [1.165, 1.54) is 27.8 Å². The van der Waals surface area contributed by atoms with E-state index in [2.05, 4.69) is 219 Å². The van der Waals surface area contributed by atoms with Crippen molar-refractivity contribution < 1.29 is 4.39 Å². The van der Waals surface area contributed by atoms with E-state index >= 15 is 0 Å². The van der Waals surface area contributed by atoms with Gasteiger partial charge in [0.1, 0.15) is 51.9 Å². The van der Waals surface area contributed by atoms with E-state index in [0.29, 0.717) is 24.9 Å². The largest absolute Gasteiger partial charge is 0.340 e. The van der Waals surface area contributed by atoms with Gasteiger partial charge in [-0.1, -0.05) is 102 Å². The lowest BCUT2D eigenvalue weighted by Crippen LogP contribution is -2.01. The first-order valence-electron chi connectivity index (χ1n) is 45.1. The third-order valence-electron chi connectivity index (χ3n) is 23.1. The molecule has 0 amide bonds. The number of aromatic nitrogens is 26. The Labute approximate surface area is 769 Å². The summed E-state index contributed by atoms with van der Waals surface area (Å²) in [5.41, 5.74) is 30.7. The molecule has 21 aromatic rings. The molecule has 26 nitrogen and oxygen atoms in total. The predicted octanol–water partition coefficient (Wildman–Crippen LogP) is 22.2. The second-order valence-electron chi connectivity index (χ2n) is 34.5. The zero-order chi connectivity index (χ0) is 91.6. The van der Waals surface area contributed by atoms with Gasteiger partial charge in [0, 0.05) is 159 Å². The minimum atomic E-state index is -0.206. The third kappa shape index (κ3) is 20.8. The van der Waals surface area contributed by atoms with Crippen molar-refractivity contribution in [3.63, 3.8) is 0 Å². The average Bonchev–Trinajstić information content (AvgIpc) is 1.53. The summed E-state index contributed by atoms with van der Waals surface area (Å²) in [5, 5.41) is 23.5. The van der Waals surface area contributed by atoms with Gasteiger partial charge in [-0.15, -0.1) is 0 Å². The van der Waals surface area contributed by atoms with E-state index in [9.17, 15) is 4.39 Å². The summed E-state index contributed by atoms with van der Waals surface area (Å²) in [5.74, 6) is 3.45. The zero-order valence-corrected chi connectivity index (χ0v) is 76.2. The molecule has 0 spiro atoms. The molecule has 0 aliphatic heterocycles. The molecular weight excluding hydrogens is 1660 g/mol. The molecule has 0 saturated heterocycles. The van der Waals surface area contributed by atoms with E-state index in [-0.39, 0.29) is 17.9 Å². The van der Waals surface area contributed by atoms with Crippen molar-refractivity contribution >= 4 is 44.1 Å². The Bertz CT molecular complexity index is 7360. The van der Waals surface area contributed by atoms with Crippen molar-refractivity contribution in [2.75, 3.05) is 0 Å². The summed E-state index contributed by atoms with van der Waals surface area (Å²) >= 11 is 0. The monoisotopic (exact) mass is 1760 g/mol. The van der Waals surface area contributed by atoms with Crippen LogP contribution in [0.4, 0.5) is 4.39 Å². The molecule has 8 aromatic carbocycles. The molecule has 0 aliphatic carbocycles. The van der Waals surface area contributed by atoms with Gasteiger partial charge < -0.3 is 19.9 Å². The number of aryl methyl sites for hydroxylation is 11. The highest BCUT2D eigenvalue weighted by Gasteiger charge is 2.24. The van der Waals surface area contributed by atoms with Crippen LogP contribution in [0.3, 0.4) is 0 Å². The van der Waals surface area contributed by atoms with E-state index < -0.39 is 0 Å². The fourth-order valence-corrected chi connectivity index (χ4v) is 16.2. The highest BCUT2D eigenvalue weighted by molar-refractivity contribution is 5.89. The average molecular weight is 1760 g/mol. The molecule has 4 N–H and O–H groups in total. The van der Waals surface area contributed by atoms with Gasteiger partial charge in [0.25, 0.3) is 0 Å². The molecule has 0 radical (unpaired) electrons. The van der Waals surface area contributed by atoms with Crippen LogP contribution in [0, 0.1) is 26.6 Å². The number of nitrogens with one attached hydrogen (secondary N) is 4. The maximum absolute atomic E-state index is 13.8. The van der Waals surface area contributed by atoms with Crippen molar-refractivity contribution in [1.29, 1.82) is 0 Å². The SMILES string of the molecule is CC(C)n1ccc(-c2[nH]c(CCc3cccc(-n4cccn4)c3)nc2-c2ccc3nccnc3c2)n1.Cc1cc(F)cc(CCc2nc(-c3ccc4nccnc4c3)c(-c3ccn(C(C)C)n3)[nH]2)c1.Cc1cccc(CCc2nc(-c3ccc4nccnc4c3)c(-c3ccn(C(C)C)n3)[nH]2)c1.Cc1cccc(CCc2nc(-c3ccc4nccnc4c3)c(-c3ccn(C(C)C)n3)[nH]2)c1. The molecular formula is C106H103FN26. The number of hydrogen-bond acceptors (Lipinski definition) is 17. The summed E-state index contributed by atoms with van der Waals surface area (Å²) in [6.45, 7) is 23.1. The predicted molar refractivity (Wildman–Crippen MR) is 522 cm³/mol. The van der Waals surface area contributed by atoms with Crippen LogP contribution in [0.15, 0.2) is 281 Å². The van der Waals surface area contributed by atoms with Crippen molar-refractivity contribution in [3.05, 3.63) is 349 Å². The van der Waals surface area contributed by atoms with Gasteiger partial charge in [-0.3, -0.25) is 58.6 Å². The number of H-pyrrole nitrogens is 4.